The summed E-state index contributed by atoms with van der Waals surface area (Å²) in [5.74, 6) is 0.0607. The minimum atomic E-state index is -0.542. The number of β-amino-alcohol motifs (C(OH)–C–C–N with tert-alkyl or cyclic N) is 1. The van der Waals surface area contributed by atoms with Crippen LogP contribution in [-0.4, -0.2) is 39.7 Å². The van der Waals surface area contributed by atoms with Crippen LogP contribution in [0.25, 0.3) is 10.8 Å². The lowest BCUT2D eigenvalue weighted by Gasteiger charge is -2.36. The van der Waals surface area contributed by atoms with Crippen molar-refractivity contribution in [3.8, 4) is 0 Å². The zero-order valence-corrected chi connectivity index (χ0v) is 14.3. The number of aliphatic hydroxyl groups is 1. The number of likely N-dealkylation sites (tertiary alicyclic amines) is 1. The summed E-state index contributed by atoms with van der Waals surface area (Å²) in [5, 5.41) is 13.1. The van der Waals surface area contributed by atoms with Crippen molar-refractivity contribution >= 4 is 16.7 Å². The lowest BCUT2D eigenvalue weighted by molar-refractivity contribution is 0.0375. The van der Waals surface area contributed by atoms with Crippen LogP contribution in [0, 0.1) is 0 Å². The van der Waals surface area contributed by atoms with Crippen LogP contribution in [0.1, 0.15) is 28.4 Å². The number of carbonyl (C=O) groups excluding carboxylic acids is 1. The van der Waals surface area contributed by atoms with E-state index in [9.17, 15) is 9.90 Å². The Bertz CT molecular complexity index is 915. The zero-order chi connectivity index (χ0) is 17.4. The standard InChI is InChI=1S/C21H22N2O2/c1-22-11-4-7-19(22)21(25)23-12-10-18(20(24)14-23)17-9-8-15-5-2-3-6-16(15)13-17/h2-9,11,13,18,20,24H,10,12,14H2,1H3/t18-,20+/m0/s1. The minimum Gasteiger partial charge on any atom is -0.391 e. The first-order valence-electron chi connectivity index (χ1n) is 8.71. The molecule has 3 aromatic rings. The Morgan fingerprint density at radius 1 is 1.08 bits per heavy atom. The highest BCUT2D eigenvalue weighted by atomic mass is 16.3. The number of hydrogen-bond acceptors (Lipinski definition) is 2. The van der Waals surface area contributed by atoms with Crippen molar-refractivity contribution in [1.82, 2.24) is 9.47 Å². The van der Waals surface area contributed by atoms with Gasteiger partial charge in [0.1, 0.15) is 5.69 Å². The molecule has 0 saturated carbocycles. The third-order valence-electron chi connectivity index (χ3n) is 5.23. The summed E-state index contributed by atoms with van der Waals surface area (Å²) in [4.78, 5) is 14.4. The highest BCUT2D eigenvalue weighted by Gasteiger charge is 2.32. The summed E-state index contributed by atoms with van der Waals surface area (Å²) < 4.78 is 1.82. The third kappa shape index (κ3) is 2.94. The largest absolute Gasteiger partial charge is 0.391 e. The molecule has 0 spiro atoms. The molecule has 0 aliphatic carbocycles. The van der Waals surface area contributed by atoms with Gasteiger partial charge in [-0.25, -0.2) is 0 Å². The number of fused-ring (bicyclic) bond motifs is 1. The number of aromatic nitrogens is 1. The van der Waals surface area contributed by atoms with E-state index in [-0.39, 0.29) is 11.8 Å². The summed E-state index contributed by atoms with van der Waals surface area (Å²) in [6, 6.07) is 18.3. The predicted octanol–water partition coefficient (Wildman–Crippen LogP) is 3.17. The molecule has 1 amide bonds. The van der Waals surface area contributed by atoms with Crippen molar-refractivity contribution in [3.63, 3.8) is 0 Å². The molecule has 0 unspecified atom stereocenters. The lowest BCUT2D eigenvalue weighted by Crippen LogP contribution is -2.46. The van der Waals surface area contributed by atoms with Gasteiger partial charge in [0, 0.05) is 32.3 Å². The summed E-state index contributed by atoms with van der Waals surface area (Å²) in [6.45, 7) is 1.04. The molecule has 4 heteroatoms. The first-order valence-corrected chi connectivity index (χ1v) is 8.71. The summed E-state index contributed by atoms with van der Waals surface area (Å²) >= 11 is 0. The number of nitrogens with zero attached hydrogens (tertiary/aromatic N) is 2. The molecule has 4 nitrogen and oxygen atoms in total. The van der Waals surface area contributed by atoms with Crippen LogP contribution in [0.15, 0.2) is 60.8 Å². The Morgan fingerprint density at radius 2 is 1.88 bits per heavy atom. The molecule has 1 N–H and O–H groups in total. The van der Waals surface area contributed by atoms with Gasteiger partial charge in [-0.3, -0.25) is 4.79 Å². The Hall–Kier alpha value is -2.59. The van der Waals surface area contributed by atoms with E-state index >= 15 is 0 Å². The van der Waals surface area contributed by atoms with E-state index in [1.807, 2.05) is 42.1 Å². The van der Waals surface area contributed by atoms with Gasteiger partial charge in [0.05, 0.1) is 6.10 Å². The maximum atomic E-state index is 12.6. The van der Waals surface area contributed by atoms with E-state index in [0.29, 0.717) is 18.8 Å². The Balaban J connectivity index is 1.53. The van der Waals surface area contributed by atoms with Gasteiger partial charge in [0.15, 0.2) is 0 Å². The van der Waals surface area contributed by atoms with Gasteiger partial charge in [-0.15, -0.1) is 0 Å². The average molecular weight is 334 g/mol. The van der Waals surface area contributed by atoms with E-state index in [4.69, 9.17) is 0 Å². The van der Waals surface area contributed by atoms with Crippen molar-refractivity contribution < 1.29 is 9.90 Å². The second-order valence-corrected chi connectivity index (χ2v) is 6.82. The van der Waals surface area contributed by atoms with Crippen molar-refractivity contribution in [3.05, 3.63) is 72.1 Å². The zero-order valence-electron chi connectivity index (χ0n) is 14.3. The molecule has 128 valence electrons. The monoisotopic (exact) mass is 334 g/mol. The van der Waals surface area contributed by atoms with Gasteiger partial charge < -0.3 is 14.6 Å². The second kappa shape index (κ2) is 6.37. The van der Waals surface area contributed by atoms with Crippen LogP contribution >= 0.6 is 0 Å². The fourth-order valence-electron chi connectivity index (χ4n) is 3.79. The molecule has 2 atom stereocenters. The number of amides is 1. The molecule has 4 rings (SSSR count). The molecule has 2 heterocycles. The molecule has 1 saturated heterocycles. The van der Waals surface area contributed by atoms with Crippen LogP contribution < -0.4 is 0 Å². The third-order valence-corrected chi connectivity index (χ3v) is 5.23. The van der Waals surface area contributed by atoms with Gasteiger partial charge in [0.2, 0.25) is 0 Å². The highest BCUT2D eigenvalue weighted by molar-refractivity contribution is 5.93. The second-order valence-electron chi connectivity index (χ2n) is 6.82. The van der Waals surface area contributed by atoms with Crippen molar-refractivity contribution in [2.75, 3.05) is 13.1 Å². The fourth-order valence-corrected chi connectivity index (χ4v) is 3.79. The molecule has 1 aliphatic rings. The SMILES string of the molecule is Cn1cccc1C(=O)N1CC[C@@H](c2ccc3ccccc3c2)[C@H](O)C1. The molecule has 0 radical (unpaired) electrons. The number of benzene rings is 2. The number of rotatable bonds is 2. The number of aryl methyl sites for hydroxylation is 1. The van der Waals surface area contributed by atoms with Gasteiger partial charge in [-0.2, -0.15) is 0 Å². The Kier molecular flexibility index (Phi) is 4.06. The van der Waals surface area contributed by atoms with E-state index in [1.54, 1.807) is 4.90 Å². The fraction of sp³-hybridized carbons (Fsp3) is 0.286. The van der Waals surface area contributed by atoms with Crippen molar-refractivity contribution in [2.24, 2.45) is 7.05 Å². The molecule has 2 aromatic carbocycles. The van der Waals surface area contributed by atoms with Crippen LogP contribution in [-0.2, 0) is 7.05 Å². The highest BCUT2D eigenvalue weighted by Crippen LogP contribution is 2.31. The van der Waals surface area contributed by atoms with Crippen LogP contribution in [0.4, 0.5) is 0 Å². The Morgan fingerprint density at radius 3 is 2.60 bits per heavy atom. The van der Waals surface area contributed by atoms with E-state index < -0.39 is 6.10 Å². The number of carbonyl (C=O) groups is 1. The molecule has 0 bridgehead atoms. The first-order chi connectivity index (χ1) is 12.1. The topological polar surface area (TPSA) is 45.5 Å². The predicted molar refractivity (Wildman–Crippen MR) is 98.6 cm³/mol. The van der Waals surface area contributed by atoms with Crippen LogP contribution in [0.5, 0.6) is 0 Å². The molecule has 1 aliphatic heterocycles. The van der Waals surface area contributed by atoms with Gasteiger partial charge in [-0.1, -0.05) is 42.5 Å². The Labute approximate surface area is 147 Å². The van der Waals surface area contributed by atoms with Gasteiger partial charge in [-0.05, 0) is 34.9 Å². The molecular weight excluding hydrogens is 312 g/mol. The normalized spacial score (nSPS) is 20.8. The van der Waals surface area contributed by atoms with Gasteiger partial charge >= 0.3 is 0 Å². The molecule has 1 aromatic heterocycles. The van der Waals surface area contributed by atoms with E-state index in [1.165, 1.54) is 10.8 Å². The molecular formula is C21H22N2O2. The van der Waals surface area contributed by atoms with Crippen molar-refractivity contribution in [2.45, 2.75) is 18.4 Å². The lowest BCUT2D eigenvalue weighted by atomic mass is 9.86. The minimum absolute atomic E-state index is 0.0106. The summed E-state index contributed by atoms with van der Waals surface area (Å²) in [5.41, 5.74) is 1.81. The smallest absolute Gasteiger partial charge is 0.270 e. The van der Waals surface area contributed by atoms with Crippen LogP contribution in [0.3, 0.4) is 0 Å². The molecule has 1 fully saturated rings. The number of piperidine rings is 1. The van der Waals surface area contributed by atoms with Crippen LogP contribution in [0.2, 0.25) is 0 Å². The maximum absolute atomic E-state index is 12.6. The van der Waals surface area contributed by atoms with Crippen molar-refractivity contribution in [1.29, 1.82) is 0 Å². The molecule has 25 heavy (non-hydrogen) atoms. The number of hydrogen-bond donors (Lipinski definition) is 1. The first kappa shape index (κ1) is 15.9. The van der Waals surface area contributed by atoms with E-state index in [2.05, 4.69) is 30.3 Å². The average Bonchev–Trinajstić information content (AvgIpc) is 3.06. The quantitative estimate of drug-likeness (QED) is 0.782. The summed E-state index contributed by atoms with van der Waals surface area (Å²) in [6.07, 6.45) is 2.10. The van der Waals surface area contributed by atoms with E-state index in [0.717, 1.165) is 12.0 Å². The maximum Gasteiger partial charge on any atom is 0.270 e. The van der Waals surface area contributed by atoms with Gasteiger partial charge in [0.25, 0.3) is 5.91 Å². The summed E-state index contributed by atoms with van der Waals surface area (Å²) in [7, 11) is 1.87. The number of aliphatic hydroxyl groups excluding tert-OH is 1.